The van der Waals surface area contributed by atoms with Crippen molar-refractivity contribution in [2.75, 3.05) is 11.9 Å². The van der Waals surface area contributed by atoms with E-state index in [0.29, 0.717) is 11.1 Å². The predicted molar refractivity (Wildman–Crippen MR) is 92.9 cm³/mol. The van der Waals surface area contributed by atoms with Crippen molar-refractivity contribution < 1.29 is 23.6 Å². The van der Waals surface area contributed by atoms with E-state index in [1.165, 1.54) is 36.4 Å². The highest BCUT2D eigenvalue weighted by molar-refractivity contribution is 5.94. The van der Waals surface area contributed by atoms with Gasteiger partial charge >= 0.3 is 5.97 Å². The fourth-order valence-corrected chi connectivity index (χ4v) is 2.00. The van der Waals surface area contributed by atoms with E-state index >= 15 is 0 Å². The molecule has 0 aliphatic rings. The Morgan fingerprint density at radius 3 is 2.73 bits per heavy atom. The van der Waals surface area contributed by atoms with Crippen molar-refractivity contribution >= 4 is 29.3 Å². The third-order valence-corrected chi connectivity index (χ3v) is 3.24. The molecule has 134 valence electrons. The Bertz CT molecular complexity index is 880. The molecule has 0 bridgehead atoms. The van der Waals surface area contributed by atoms with Gasteiger partial charge in [0.25, 0.3) is 11.6 Å². The Morgan fingerprint density at radius 2 is 2.04 bits per heavy atom. The number of amides is 1. The van der Waals surface area contributed by atoms with E-state index < -0.39 is 29.2 Å². The second kappa shape index (κ2) is 8.52. The minimum Gasteiger partial charge on any atom is -0.452 e. The van der Waals surface area contributed by atoms with Gasteiger partial charge in [-0.1, -0.05) is 18.2 Å². The first kappa shape index (κ1) is 18.8. The first-order chi connectivity index (χ1) is 12.3. The third kappa shape index (κ3) is 5.52. The number of halogens is 1. The second-order valence-corrected chi connectivity index (χ2v) is 5.32. The molecule has 0 spiro atoms. The van der Waals surface area contributed by atoms with Crippen LogP contribution in [0.15, 0.2) is 48.5 Å². The number of aryl methyl sites for hydroxylation is 1. The number of nitrogens with one attached hydrogen (secondary N) is 1. The highest BCUT2D eigenvalue weighted by Crippen LogP contribution is 2.15. The van der Waals surface area contributed by atoms with Gasteiger partial charge < -0.3 is 10.1 Å². The maximum atomic E-state index is 13.6. The Morgan fingerprint density at radius 1 is 1.27 bits per heavy atom. The fraction of sp³-hybridized carbons (Fsp3) is 0.111. The number of benzene rings is 2. The Labute approximate surface area is 148 Å². The number of rotatable bonds is 6. The summed E-state index contributed by atoms with van der Waals surface area (Å²) in [5.41, 5.74) is 1.02. The van der Waals surface area contributed by atoms with Crippen molar-refractivity contribution in [3.05, 3.63) is 75.6 Å². The zero-order valence-corrected chi connectivity index (χ0v) is 13.8. The van der Waals surface area contributed by atoms with Crippen molar-refractivity contribution in [1.82, 2.24) is 0 Å². The van der Waals surface area contributed by atoms with Crippen molar-refractivity contribution in [1.29, 1.82) is 0 Å². The second-order valence-electron chi connectivity index (χ2n) is 5.32. The van der Waals surface area contributed by atoms with Crippen molar-refractivity contribution in [3.8, 4) is 0 Å². The van der Waals surface area contributed by atoms with Gasteiger partial charge in [-0.3, -0.25) is 14.9 Å². The summed E-state index contributed by atoms with van der Waals surface area (Å²) in [5.74, 6) is -2.09. The van der Waals surface area contributed by atoms with Gasteiger partial charge in [0, 0.05) is 18.2 Å². The molecule has 2 rings (SSSR count). The topological polar surface area (TPSA) is 98.5 Å². The highest BCUT2D eigenvalue weighted by atomic mass is 19.1. The molecular formula is C18H15FN2O5. The van der Waals surface area contributed by atoms with Crippen LogP contribution in [0.3, 0.4) is 0 Å². The molecule has 2 aromatic rings. The highest BCUT2D eigenvalue weighted by Gasteiger charge is 2.09. The number of nitro groups is 1. The molecule has 26 heavy (non-hydrogen) atoms. The van der Waals surface area contributed by atoms with Gasteiger partial charge in [-0.05, 0) is 36.3 Å². The minimum atomic E-state index is -0.809. The SMILES string of the molecule is Cc1ccc(NC(=O)COC(=O)/C=C/c2cccc([N+](=O)[O-])c2)c(F)c1. The summed E-state index contributed by atoms with van der Waals surface area (Å²) in [7, 11) is 0. The first-order valence-corrected chi connectivity index (χ1v) is 7.50. The van der Waals surface area contributed by atoms with Crippen molar-refractivity contribution in [3.63, 3.8) is 0 Å². The van der Waals surface area contributed by atoms with Gasteiger partial charge in [-0.2, -0.15) is 0 Å². The maximum absolute atomic E-state index is 13.6. The molecule has 0 unspecified atom stereocenters. The van der Waals surface area contributed by atoms with E-state index in [0.717, 1.165) is 6.08 Å². The van der Waals surface area contributed by atoms with Gasteiger partial charge in [0.2, 0.25) is 0 Å². The molecule has 7 nitrogen and oxygen atoms in total. The largest absolute Gasteiger partial charge is 0.452 e. The fourth-order valence-electron chi connectivity index (χ4n) is 2.00. The number of ether oxygens (including phenoxy) is 1. The van der Waals surface area contributed by atoms with Crippen LogP contribution in [0.1, 0.15) is 11.1 Å². The minimum absolute atomic E-state index is 0.0104. The molecule has 0 aliphatic carbocycles. The van der Waals surface area contributed by atoms with Crippen LogP contribution in [-0.2, 0) is 14.3 Å². The van der Waals surface area contributed by atoms with Crippen LogP contribution in [-0.4, -0.2) is 23.4 Å². The van der Waals surface area contributed by atoms with E-state index in [4.69, 9.17) is 4.74 Å². The summed E-state index contributed by atoms with van der Waals surface area (Å²) >= 11 is 0. The number of nitrogens with zero attached hydrogens (tertiary/aromatic N) is 1. The zero-order chi connectivity index (χ0) is 19.1. The number of carbonyl (C=O) groups is 2. The van der Waals surface area contributed by atoms with Crippen LogP contribution in [0.4, 0.5) is 15.8 Å². The lowest BCUT2D eigenvalue weighted by Crippen LogP contribution is -2.20. The van der Waals surface area contributed by atoms with Gasteiger partial charge in [0.05, 0.1) is 10.6 Å². The van der Waals surface area contributed by atoms with E-state index in [1.807, 2.05) is 0 Å². The summed E-state index contributed by atoms with van der Waals surface area (Å²) in [6.07, 6.45) is 2.37. The molecule has 1 amide bonds. The summed E-state index contributed by atoms with van der Waals surface area (Å²) in [6, 6.07) is 9.97. The Hall–Kier alpha value is -3.55. The maximum Gasteiger partial charge on any atom is 0.331 e. The van der Waals surface area contributed by atoms with Gasteiger partial charge in [-0.15, -0.1) is 0 Å². The van der Waals surface area contributed by atoms with Crippen LogP contribution < -0.4 is 5.32 Å². The Balaban J connectivity index is 1.87. The number of hydrogen-bond acceptors (Lipinski definition) is 5. The molecule has 0 aromatic heterocycles. The molecule has 0 saturated carbocycles. The average molecular weight is 358 g/mol. The third-order valence-electron chi connectivity index (χ3n) is 3.24. The number of carbonyl (C=O) groups excluding carboxylic acids is 2. The molecule has 0 aliphatic heterocycles. The standard InChI is InChI=1S/C18H15FN2O5/c1-12-5-7-16(15(19)9-12)20-17(22)11-26-18(23)8-6-13-3-2-4-14(10-13)21(24)25/h2-10H,11H2,1H3,(H,20,22)/b8-6+. The molecule has 0 radical (unpaired) electrons. The molecule has 0 heterocycles. The van der Waals surface area contributed by atoms with Gasteiger partial charge in [0.1, 0.15) is 5.82 Å². The summed E-state index contributed by atoms with van der Waals surface area (Å²) in [5, 5.41) is 13.0. The molecular weight excluding hydrogens is 343 g/mol. The van der Waals surface area contributed by atoms with Gasteiger partial charge in [-0.25, -0.2) is 9.18 Å². The molecule has 0 saturated heterocycles. The van der Waals surface area contributed by atoms with Crippen LogP contribution in [0, 0.1) is 22.9 Å². The average Bonchev–Trinajstić information content (AvgIpc) is 2.61. The lowest BCUT2D eigenvalue weighted by molar-refractivity contribution is -0.384. The molecule has 0 atom stereocenters. The zero-order valence-electron chi connectivity index (χ0n) is 13.8. The molecule has 1 N–H and O–H groups in total. The number of nitro benzene ring substituents is 1. The van der Waals surface area contributed by atoms with Crippen molar-refractivity contribution in [2.24, 2.45) is 0 Å². The summed E-state index contributed by atoms with van der Waals surface area (Å²) < 4.78 is 18.4. The smallest absolute Gasteiger partial charge is 0.331 e. The van der Waals surface area contributed by atoms with Crippen molar-refractivity contribution in [2.45, 2.75) is 6.92 Å². The number of esters is 1. The summed E-state index contributed by atoms with van der Waals surface area (Å²) in [4.78, 5) is 33.4. The molecule has 2 aromatic carbocycles. The van der Waals surface area contributed by atoms with E-state index in [2.05, 4.69) is 5.32 Å². The van der Waals surface area contributed by atoms with E-state index in [1.54, 1.807) is 19.1 Å². The lowest BCUT2D eigenvalue weighted by atomic mass is 10.2. The number of hydrogen-bond donors (Lipinski definition) is 1. The first-order valence-electron chi connectivity index (χ1n) is 7.50. The molecule has 0 fully saturated rings. The van der Waals surface area contributed by atoms with Crippen LogP contribution in [0.2, 0.25) is 0 Å². The summed E-state index contributed by atoms with van der Waals surface area (Å²) in [6.45, 7) is 1.12. The normalized spacial score (nSPS) is 10.5. The Kier molecular flexibility index (Phi) is 6.15. The van der Waals surface area contributed by atoms with Crippen LogP contribution in [0.25, 0.3) is 6.08 Å². The van der Waals surface area contributed by atoms with Crippen LogP contribution >= 0.6 is 0 Å². The predicted octanol–water partition coefficient (Wildman–Crippen LogP) is 3.24. The van der Waals surface area contributed by atoms with E-state index in [9.17, 15) is 24.1 Å². The molecule has 8 heteroatoms. The lowest BCUT2D eigenvalue weighted by Gasteiger charge is -2.07. The number of anilines is 1. The quantitative estimate of drug-likeness (QED) is 0.370. The monoisotopic (exact) mass is 358 g/mol. The van der Waals surface area contributed by atoms with E-state index in [-0.39, 0.29) is 11.4 Å². The van der Waals surface area contributed by atoms with Gasteiger partial charge in [0.15, 0.2) is 6.61 Å². The number of non-ortho nitro benzene ring substituents is 1. The van der Waals surface area contributed by atoms with Crippen LogP contribution in [0.5, 0.6) is 0 Å².